The number of benzene rings is 1. The van der Waals surface area contributed by atoms with Crippen LogP contribution in [0.2, 0.25) is 0 Å². The van der Waals surface area contributed by atoms with E-state index in [4.69, 9.17) is 4.74 Å². The van der Waals surface area contributed by atoms with Crippen LogP contribution in [0.4, 0.5) is 5.69 Å². The Balaban J connectivity index is 0.00000156. The third-order valence-electron chi connectivity index (χ3n) is 5.51. The smallest absolute Gasteiger partial charge is 0.228 e. The largest absolute Gasteiger partial charge is 0.378 e. The highest BCUT2D eigenvalue weighted by atomic mass is 35.5. The molecule has 1 aliphatic carbocycles. The minimum Gasteiger partial charge on any atom is -0.378 e. The van der Waals surface area contributed by atoms with Gasteiger partial charge < -0.3 is 15.0 Å². The van der Waals surface area contributed by atoms with Gasteiger partial charge in [-0.05, 0) is 24.5 Å². The number of morpholine rings is 1. The summed E-state index contributed by atoms with van der Waals surface area (Å²) in [7, 11) is 0. The number of hydrogen-bond acceptors (Lipinski definition) is 3. The first-order chi connectivity index (χ1) is 10.8. The van der Waals surface area contributed by atoms with E-state index in [1.807, 2.05) is 4.90 Å². The molecule has 126 valence electrons. The van der Waals surface area contributed by atoms with Crippen molar-refractivity contribution in [3.63, 3.8) is 0 Å². The topological polar surface area (TPSA) is 41.6 Å². The van der Waals surface area contributed by atoms with E-state index in [1.165, 1.54) is 31.2 Å². The number of para-hydroxylation sites is 1. The van der Waals surface area contributed by atoms with Crippen molar-refractivity contribution in [3.05, 3.63) is 29.8 Å². The van der Waals surface area contributed by atoms with Gasteiger partial charge in [0.1, 0.15) is 0 Å². The lowest BCUT2D eigenvalue weighted by Crippen LogP contribution is -2.45. The molecule has 2 aliphatic heterocycles. The number of nitrogens with one attached hydrogen (secondary N) is 1. The summed E-state index contributed by atoms with van der Waals surface area (Å²) >= 11 is 0. The van der Waals surface area contributed by atoms with Crippen LogP contribution in [0.25, 0.3) is 0 Å². The first-order valence-corrected chi connectivity index (χ1v) is 8.50. The van der Waals surface area contributed by atoms with Gasteiger partial charge in [-0.25, -0.2) is 0 Å². The zero-order valence-corrected chi connectivity index (χ0v) is 14.2. The van der Waals surface area contributed by atoms with E-state index in [1.54, 1.807) is 0 Å². The summed E-state index contributed by atoms with van der Waals surface area (Å²) in [6.07, 6.45) is 5.55. The Hall–Kier alpha value is -1.10. The second kappa shape index (κ2) is 6.80. The fourth-order valence-electron chi connectivity index (χ4n) is 4.40. The molecule has 23 heavy (non-hydrogen) atoms. The highest BCUT2D eigenvalue weighted by molar-refractivity contribution is 5.96. The maximum Gasteiger partial charge on any atom is 0.228 e. The number of fused-ring (bicyclic) bond motifs is 2. The highest BCUT2D eigenvalue weighted by Crippen LogP contribution is 2.50. The molecule has 3 aliphatic rings. The van der Waals surface area contributed by atoms with Crippen molar-refractivity contribution in [2.75, 3.05) is 31.2 Å². The summed E-state index contributed by atoms with van der Waals surface area (Å²) in [6.45, 7) is 3.12. The van der Waals surface area contributed by atoms with Gasteiger partial charge in [-0.3, -0.25) is 4.79 Å². The zero-order valence-electron chi connectivity index (χ0n) is 13.4. The van der Waals surface area contributed by atoms with Crippen LogP contribution in [-0.2, 0) is 14.9 Å². The maximum absolute atomic E-state index is 12.8. The number of hydrogen-bond donors (Lipinski definition) is 1. The van der Waals surface area contributed by atoms with E-state index >= 15 is 0 Å². The summed E-state index contributed by atoms with van der Waals surface area (Å²) in [5.41, 5.74) is 2.77. The van der Waals surface area contributed by atoms with Crippen molar-refractivity contribution in [2.45, 2.75) is 43.6 Å². The Morgan fingerprint density at radius 2 is 2.09 bits per heavy atom. The molecule has 4 nitrogen and oxygen atoms in total. The molecular formula is C18H25ClN2O2. The second-order valence-electron chi connectivity index (χ2n) is 6.91. The maximum atomic E-state index is 12.8. The van der Waals surface area contributed by atoms with Gasteiger partial charge in [-0.15, -0.1) is 12.4 Å². The van der Waals surface area contributed by atoms with E-state index in [2.05, 4.69) is 29.6 Å². The van der Waals surface area contributed by atoms with Crippen LogP contribution in [-0.4, -0.2) is 38.3 Å². The number of nitrogens with zero attached hydrogens (tertiary/aromatic N) is 1. The lowest BCUT2D eigenvalue weighted by atomic mass is 9.81. The van der Waals surface area contributed by atoms with Crippen LogP contribution in [0.1, 0.15) is 37.7 Å². The molecule has 1 spiro atoms. The minimum absolute atomic E-state index is 0. The molecule has 1 N–H and O–H groups in total. The molecule has 0 bridgehead atoms. The molecular weight excluding hydrogens is 312 g/mol. The summed E-state index contributed by atoms with van der Waals surface area (Å²) in [5.74, 6) is 0.235. The van der Waals surface area contributed by atoms with Crippen molar-refractivity contribution >= 4 is 24.0 Å². The molecule has 1 amide bonds. The van der Waals surface area contributed by atoms with Crippen molar-refractivity contribution < 1.29 is 9.53 Å². The van der Waals surface area contributed by atoms with Gasteiger partial charge in [0.05, 0.1) is 13.2 Å². The molecule has 4 rings (SSSR count). The number of amides is 1. The molecule has 1 unspecified atom stereocenters. The van der Waals surface area contributed by atoms with E-state index in [9.17, 15) is 4.79 Å². The van der Waals surface area contributed by atoms with Gasteiger partial charge in [0.25, 0.3) is 0 Å². The molecule has 5 heteroatoms. The number of carbonyl (C=O) groups is 1. The number of anilines is 1. The number of ether oxygens (including phenoxy) is 1. The number of carbonyl (C=O) groups excluding carboxylic acids is 1. The lowest BCUT2D eigenvalue weighted by Gasteiger charge is -2.27. The predicted molar refractivity (Wildman–Crippen MR) is 93.4 cm³/mol. The van der Waals surface area contributed by atoms with Gasteiger partial charge in [0.15, 0.2) is 0 Å². The average Bonchev–Trinajstić information content (AvgIpc) is 3.15. The third-order valence-corrected chi connectivity index (χ3v) is 5.51. The summed E-state index contributed by atoms with van der Waals surface area (Å²) in [4.78, 5) is 14.9. The van der Waals surface area contributed by atoms with Crippen LogP contribution < -0.4 is 10.2 Å². The Morgan fingerprint density at radius 1 is 1.30 bits per heavy atom. The van der Waals surface area contributed by atoms with Crippen LogP contribution in [0, 0.1) is 0 Å². The monoisotopic (exact) mass is 336 g/mol. The SMILES string of the molecule is Cl.O=C(CC1COCCN1)N1CC2(CCCC2)c2ccccc21. The molecule has 1 aromatic carbocycles. The van der Waals surface area contributed by atoms with Crippen molar-refractivity contribution in [2.24, 2.45) is 0 Å². The van der Waals surface area contributed by atoms with Crippen molar-refractivity contribution in [3.8, 4) is 0 Å². The molecule has 0 aromatic heterocycles. The quantitative estimate of drug-likeness (QED) is 0.902. The van der Waals surface area contributed by atoms with Crippen LogP contribution in [0.3, 0.4) is 0 Å². The number of rotatable bonds is 2. The highest BCUT2D eigenvalue weighted by Gasteiger charge is 2.46. The van der Waals surface area contributed by atoms with E-state index in [-0.39, 0.29) is 29.8 Å². The summed E-state index contributed by atoms with van der Waals surface area (Å²) in [6, 6.07) is 8.67. The van der Waals surface area contributed by atoms with Crippen molar-refractivity contribution in [1.29, 1.82) is 0 Å². The van der Waals surface area contributed by atoms with Gasteiger partial charge in [-0.2, -0.15) is 0 Å². The average molecular weight is 337 g/mol. The van der Waals surface area contributed by atoms with Gasteiger partial charge >= 0.3 is 0 Å². The Labute approximate surface area is 144 Å². The van der Waals surface area contributed by atoms with Gasteiger partial charge in [-0.1, -0.05) is 31.0 Å². The fraction of sp³-hybridized carbons (Fsp3) is 0.611. The Bertz CT molecular complexity index is 566. The van der Waals surface area contributed by atoms with Crippen LogP contribution >= 0.6 is 12.4 Å². The number of halogens is 1. The molecule has 2 heterocycles. The zero-order chi connectivity index (χ0) is 15.0. The first kappa shape index (κ1) is 16.7. The van der Waals surface area contributed by atoms with Crippen molar-refractivity contribution in [1.82, 2.24) is 5.32 Å². The standard InChI is InChI=1S/C18H24N2O2.ClH/c21-17(11-14-12-22-10-9-19-14)20-13-18(7-3-4-8-18)15-5-1-2-6-16(15)20;/h1-2,5-6,14,19H,3-4,7-13H2;1H. The summed E-state index contributed by atoms with van der Waals surface area (Å²) < 4.78 is 5.48. The third kappa shape index (κ3) is 3.00. The van der Waals surface area contributed by atoms with Gasteiger partial charge in [0.2, 0.25) is 5.91 Å². The molecule has 1 saturated carbocycles. The van der Waals surface area contributed by atoms with Gasteiger partial charge in [0, 0.05) is 36.7 Å². The second-order valence-corrected chi connectivity index (χ2v) is 6.91. The minimum atomic E-state index is 0. The fourth-order valence-corrected chi connectivity index (χ4v) is 4.40. The lowest BCUT2D eigenvalue weighted by molar-refractivity contribution is -0.119. The molecule has 1 aromatic rings. The normalized spacial score (nSPS) is 25.2. The van der Waals surface area contributed by atoms with E-state index in [0.717, 1.165) is 25.4 Å². The summed E-state index contributed by atoms with van der Waals surface area (Å²) in [5, 5.41) is 3.39. The van der Waals surface area contributed by atoms with E-state index in [0.29, 0.717) is 13.0 Å². The molecule has 2 fully saturated rings. The van der Waals surface area contributed by atoms with E-state index < -0.39 is 0 Å². The molecule has 0 radical (unpaired) electrons. The van der Waals surface area contributed by atoms with Crippen LogP contribution in [0.5, 0.6) is 0 Å². The predicted octanol–water partition coefficient (Wildman–Crippen LogP) is 2.65. The molecule has 1 atom stereocenters. The first-order valence-electron chi connectivity index (χ1n) is 8.50. The Morgan fingerprint density at radius 3 is 2.83 bits per heavy atom. The van der Waals surface area contributed by atoms with Crippen LogP contribution in [0.15, 0.2) is 24.3 Å². The molecule has 1 saturated heterocycles. The Kier molecular flexibility index (Phi) is 4.95.